The van der Waals surface area contributed by atoms with Crippen LogP contribution in [0.15, 0.2) is 4.34 Å². The van der Waals surface area contributed by atoms with Crippen LogP contribution in [0.5, 0.6) is 0 Å². The Hall–Kier alpha value is -1.26. The monoisotopic (exact) mass is 361 g/mol. The number of hydrogen-bond donors (Lipinski definition) is 0. The molecule has 1 unspecified atom stereocenters. The molecule has 0 saturated carbocycles. The van der Waals surface area contributed by atoms with Crippen LogP contribution in [0.2, 0.25) is 0 Å². The highest BCUT2D eigenvalue weighted by Gasteiger charge is 2.44. The number of amides is 2. The Kier molecular flexibility index (Phi) is 4.71. The Balaban J connectivity index is 2.32. The summed E-state index contributed by atoms with van der Waals surface area (Å²) in [4.78, 5) is 16.1. The Labute approximate surface area is 141 Å². The third-order valence-corrected chi connectivity index (χ3v) is 7.28. The van der Waals surface area contributed by atoms with E-state index in [-0.39, 0.29) is 22.0 Å². The minimum Gasteiger partial charge on any atom is -0.315 e. The highest BCUT2D eigenvalue weighted by Crippen LogP contribution is 2.33. The Morgan fingerprint density at radius 2 is 1.96 bits per heavy atom. The van der Waals surface area contributed by atoms with E-state index in [1.807, 2.05) is 32.6 Å². The lowest BCUT2D eigenvalue weighted by molar-refractivity contribution is 0.132. The smallest absolute Gasteiger partial charge is 0.315 e. The first-order chi connectivity index (χ1) is 10.5. The maximum absolute atomic E-state index is 12.7. The SMILES string of the molecule is CCC(C)(C)N1C(=O)N(c2nnc(S(=O)(=O)N(C)C)s2)CC1C. The zero-order valence-corrected chi connectivity index (χ0v) is 15.9. The molecule has 1 fully saturated rings. The van der Waals surface area contributed by atoms with Crippen LogP contribution in [-0.2, 0) is 10.0 Å². The fourth-order valence-electron chi connectivity index (χ4n) is 2.50. The summed E-state index contributed by atoms with van der Waals surface area (Å²) in [6.07, 6.45) is 0.827. The van der Waals surface area contributed by atoms with Crippen molar-refractivity contribution in [2.45, 2.75) is 50.0 Å². The molecule has 1 aliphatic rings. The number of urea groups is 1. The van der Waals surface area contributed by atoms with Gasteiger partial charge < -0.3 is 4.90 Å². The summed E-state index contributed by atoms with van der Waals surface area (Å²) < 4.78 is 25.2. The van der Waals surface area contributed by atoms with Crippen LogP contribution in [0, 0.1) is 0 Å². The molecule has 130 valence electrons. The Bertz CT molecular complexity index is 698. The average molecular weight is 361 g/mol. The van der Waals surface area contributed by atoms with E-state index in [1.54, 1.807) is 0 Å². The average Bonchev–Trinajstić information content (AvgIpc) is 3.04. The zero-order chi connectivity index (χ0) is 17.6. The second-order valence-corrected chi connectivity index (χ2v) is 9.70. The van der Waals surface area contributed by atoms with Crippen molar-refractivity contribution in [3.05, 3.63) is 0 Å². The fourth-order valence-corrected chi connectivity index (χ4v) is 4.63. The van der Waals surface area contributed by atoms with Gasteiger partial charge >= 0.3 is 6.03 Å². The van der Waals surface area contributed by atoms with Crippen molar-refractivity contribution in [2.24, 2.45) is 0 Å². The van der Waals surface area contributed by atoms with E-state index in [9.17, 15) is 13.2 Å². The van der Waals surface area contributed by atoms with E-state index < -0.39 is 10.0 Å². The number of hydrogen-bond acceptors (Lipinski definition) is 6. The third kappa shape index (κ3) is 3.07. The minimum atomic E-state index is -3.64. The van der Waals surface area contributed by atoms with Gasteiger partial charge in [0, 0.05) is 25.7 Å². The lowest BCUT2D eigenvalue weighted by atomic mass is 9.98. The van der Waals surface area contributed by atoms with Crippen LogP contribution >= 0.6 is 11.3 Å². The van der Waals surface area contributed by atoms with Gasteiger partial charge in [-0.15, -0.1) is 10.2 Å². The Morgan fingerprint density at radius 1 is 1.35 bits per heavy atom. The Morgan fingerprint density at radius 3 is 2.48 bits per heavy atom. The summed E-state index contributed by atoms with van der Waals surface area (Å²) in [5.41, 5.74) is -0.269. The highest BCUT2D eigenvalue weighted by molar-refractivity contribution is 7.91. The number of rotatable bonds is 5. The maximum atomic E-state index is 12.7. The van der Waals surface area contributed by atoms with Crippen molar-refractivity contribution >= 4 is 32.5 Å². The number of aromatic nitrogens is 2. The number of nitrogens with zero attached hydrogens (tertiary/aromatic N) is 5. The summed E-state index contributed by atoms with van der Waals surface area (Å²) in [7, 11) is -0.766. The molecule has 0 aliphatic carbocycles. The highest BCUT2D eigenvalue weighted by atomic mass is 32.2. The summed E-state index contributed by atoms with van der Waals surface area (Å²) in [6.45, 7) is 8.53. The quantitative estimate of drug-likeness (QED) is 0.744. The molecule has 1 aliphatic heterocycles. The van der Waals surface area contributed by atoms with Gasteiger partial charge in [0.2, 0.25) is 9.47 Å². The minimum absolute atomic E-state index is 0.0234. The van der Waals surface area contributed by atoms with Gasteiger partial charge in [0.25, 0.3) is 10.0 Å². The van der Waals surface area contributed by atoms with Crippen LogP contribution in [0.1, 0.15) is 34.1 Å². The second kappa shape index (κ2) is 5.99. The molecule has 1 saturated heterocycles. The van der Waals surface area contributed by atoms with E-state index in [0.29, 0.717) is 11.7 Å². The second-order valence-electron chi connectivity index (χ2n) is 6.42. The van der Waals surface area contributed by atoms with Gasteiger partial charge in [0.1, 0.15) is 0 Å². The molecule has 0 aromatic carbocycles. The van der Waals surface area contributed by atoms with Crippen LogP contribution in [-0.4, -0.2) is 66.1 Å². The first-order valence-corrected chi connectivity index (χ1v) is 9.65. The van der Waals surface area contributed by atoms with Crippen molar-refractivity contribution in [1.29, 1.82) is 0 Å². The van der Waals surface area contributed by atoms with Gasteiger partial charge in [-0.3, -0.25) is 4.90 Å². The van der Waals surface area contributed by atoms with E-state index in [2.05, 4.69) is 10.2 Å². The van der Waals surface area contributed by atoms with E-state index in [4.69, 9.17) is 0 Å². The number of anilines is 1. The molecule has 2 rings (SSSR count). The lowest BCUT2D eigenvalue weighted by Crippen LogP contribution is -2.49. The van der Waals surface area contributed by atoms with Crippen molar-refractivity contribution in [3.8, 4) is 0 Å². The van der Waals surface area contributed by atoms with E-state index >= 15 is 0 Å². The molecule has 8 nitrogen and oxygen atoms in total. The topological polar surface area (TPSA) is 86.7 Å². The molecule has 10 heteroatoms. The summed E-state index contributed by atoms with van der Waals surface area (Å²) in [5.74, 6) is 0. The molecule has 1 atom stereocenters. The molecule has 0 bridgehead atoms. The van der Waals surface area contributed by atoms with Crippen LogP contribution < -0.4 is 4.90 Å². The predicted octanol–water partition coefficient (Wildman–Crippen LogP) is 1.61. The fraction of sp³-hybridized carbons (Fsp3) is 0.769. The van der Waals surface area contributed by atoms with Gasteiger partial charge in [0.05, 0.1) is 6.54 Å². The zero-order valence-electron chi connectivity index (χ0n) is 14.3. The van der Waals surface area contributed by atoms with Gasteiger partial charge in [-0.25, -0.2) is 17.5 Å². The van der Waals surface area contributed by atoms with Crippen molar-refractivity contribution in [1.82, 2.24) is 19.4 Å². The number of carbonyl (C=O) groups excluding carboxylic acids is 1. The van der Waals surface area contributed by atoms with Gasteiger partial charge in [-0.05, 0) is 27.2 Å². The van der Waals surface area contributed by atoms with Crippen molar-refractivity contribution in [3.63, 3.8) is 0 Å². The molecular formula is C13H23N5O3S2. The molecule has 2 amide bonds. The van der Waals surface area contributed by atoms with E-state index in [0.717, 1.165) is 22.1 Å². The van der Waals surface area contributed by atoms with Crippen LogP contribution in [0.3, 0.4) is 0 Å². The molecule has 1 aromatic rings. The molecule has 0 N–H and O–H groups in total. The van der Waals surface area contributed by atoms with Crippen LogP contribution in [0.25, 0.3) is 0 Å². The molecule has 0 spiro atoms. The van der Waals surface area contributed by atoms with Gasteiger partial charge in [-0.2, -0.15) is 0 Å². The lowest BCUT2D eigenvalue weighted by Gasteiger charge is -2.37. The standard InChI is InChI=1S/C13H23N5O3S2/c1-7-13(3,4)18-9(2)8-17(12(18)19)10-14-15-11(22-10)23(20,21)16(5)6/h9H,7-8H2,1-6H3. The number of sulfonamides is 1. The first-order valence-electron chi connectivity index (χ1n) is 7.39. The molecule has 1 aromatic heterocycles. The van der Waals surface area contributed by atoms with Crippen molar-refractivity contribution < 1.29 is 13.2 Å². The normalized spacial score (nSPS) is 20.0. The largest absolute Gasteiger partial charge is 0.327 e. The summed E-state index contributed by atoms with van der Waals surface area (Å²) >= 11 is 0.918. The first kappa shape index (κ1) is 18.1. The van der Waals surface area contributed by atoms with Crippen LogP contribution in [0.4, 0.5) is 9.93 Å². The summed E-state index contributed by atoms with van der Waals surface area (Å²) in [6, 6.07) is -0.135. The predicted molar refractivity (Wildman–Crippen MR) is 89.2 cm³/mol. The number of carbonyl (C=O) groups is 1. The summed E-state index contributed by atoms with van der Waals surface area (Å²) in [5, 5.41) is 7.98. The van der Waals surface area contributed by atoms with E-state index in [1.165, 1.54) is 19.0 Å². The van der Waals surface area contributed by atoms with Gasteiger partial charge in [0.15, 0.2) is 0 Å². The molecule has 23 heavy (non-hydrogen) atoms. The molecular weight excluding hydrogens is 338 g/mol. The van der Waals surface area contributed by atoms with Crippen molar-refractivity contribution in [2.75, 3.05) is 25.5 Å². The molecule has 2 heterocycles. The van der Waals surface area contributed by atoms with Gasteiger partial charge in [-0.1, -0.05) is 18.3 Å². The maximum Gasteiger partial charge on any atom is 0.327 e. The molecule has 0 radical (unpaired) electrons. The third-order valence-electron chi connectivity index (χ3n) is 4.17.